The largest absolute Gasteiger partial charge is 0.511 e. The first kappa shape index (κ1) is 24.0. The lowest BCUT2D eigenvalue weighted by molar-refractivity contribution is -0.0171. The first-order valence-corrected chi connectivity index (χ1v) is 10.3. The Kier molecular flexibility index (Phi) is 7.87. The van der Waals surface area contributed by atoms with Crippen molar-refractivity contribution in [1.29, 1.82) is 5.26 Å². The van der Waals surface area contributed by atoms with Crippen molar-refractivity contribution >= 4 is 17.5 Å². The van der Waals surface area contributed by atoms with Crippen LogP contribution in [0.2, 0.25) is 0 Å². The summed E-state index contributed by atoms with van der Waals surface area (Å²) in [6, 6.07) is 11.9. The van der Waals surface area contributed by atoms with Gasteiger partial charge in [0.15, 0.2) is 5.76 Å². The molecule has 0 bridgehead atoms. The summed E-state index contributed by atoms with van der Waals surface area (Å²) in [6.45, 7) is 13.9. The number of aromatic nitrogens is 2. The molecule has 0 fully saturated rings. The van der Waals surface area contributed by atoms with Crippen LogP contribution in [0.5, 0.6) is 0 Å². The molecule has 7 heteroatoms. The molecule has 0 amide bonds. The molecule has 0 radical (unpaired) electrons. The molecule has 0 aliphatic heterocycles. The van der Waals surface area contributed by atoms with Crippen molar-refractivity contribution < 1.29 is 19.0 Å². The number of hydrogen-bond acceptors (Lipinski definition) is 6. The van der Waals surface area contributed by atoms with Crippen molar-refractivity contribution in [3.05, 3.63) is 52.8 Å². The highest BCUT2D eigenvalue weighted by molar-refractivity contribution is 5.94. The van der Waals surface area contributed by atoms with Crippen molar-refractivity contribution in [3.63, 3.8) is 0 Å². The molecule has 31 heavy (non-hydrogen) atoms. The molecule has 0 unspecified atom stereocenters. The number of aryl methyl sites for hydroxylation is 2. The molecule has 1 heterocycles. The number of ether oxygens (including phenoxy) is 3. The highest BCUT2D eigenvalue weighted by atomic mass is 16.8. The first-order chi connectivity index (χ1) is 14.6. The third-order valence-corrected chi connectivity index (χ3v) is 4.52. The lowest BCUT2D eigenvalue weighted by atomic mass is 9.86. The molecular formula is C24H31N3O4. The Hall–Kier alpha value is -3.27. The van der Waals surface area contributed by atoms with Gasteiger partial charge in [-0.25, -0.2) is 4.79 Å². The van der Waals surface area contributed by atoms with E-state index in [1.807, 2.05) is 44.2 Å². The minimum atomic E-state index is -0.831. The van der Waals surface area contributed by atoms with Crippen LogP contribution in [0.25, 0.3) is 11.3 Å². The van der Waals surface area contributed by atoms with Gasteiger partial charge >= 0.3 is 6.16 Å². The molecule has 0 aliphatic rings. The molecule has 2 rings (SSSR count). The van der Waals surface area contributed by atoms with E-state index in [1.165, 1.54) is 0 Å². The number of nitrogens with zero attached hydrogens (tertiary/aromatic N) is 3. The van der Waals surface area contributed by atoms with Crippen molar-refractivity contribution in [2.45, 2.75) is 66.5 Å². The van der Waals surface area contributed by atoms with Gasteiger partial charge in [-0.1, -0.05) is 45.0 Å². The van der Waals surface area contributed by atoms with E-state index in [4.69, 9.17) is 14.2 Å². The monoisotopic (exact) mass is 425 g/mol. The molecule has 0 atom stereocenters. The van der Waals surface area contributed by atoms with Gasteiger partial charge in [-0.05, 0) is 50.3 Å². The van der Waals surface area contributed by atoms with Gasteiger partial charge in [-0.3, -0.25) is 4.68 Å². The second-order valence-corrected chi connectivity index (χ2v) is 8.45. The predicted octanol–water partition coefficient (Wildman–Crippen LogP) is 5.44. The number of hydrogen-bond donors (Lipinski definition) is 0. The average Bonchev–Trinajstić information content (AvgIpc) is 3.07. The molecule has 1 aromatic heterocycles. The van der Waals surface area contributed by atoms with E-state index in [9.17, 15) is 10.1 Å². The highest BCUT2D eigenvalue weighted by Gasteiger charge is 2.20. The topological polar surface area (TPSA) is 86.4 Å². The summed E-state index contributed by atoms with van der Waals surface area (Å²) in [6.07, 6.45) is -1.13. The van der Waals surface area contributed by atoms with Crippen LogP contribution >= 0.6 is 0 Å². The van der Waals surface area contributed by atoms with Crippen molar-refractivity contribution in [3.8, 4) is 6.07 Å². The van der Waals surface area contributed by atoms with Crippen LogP contribution in [-0.2, 0) is 26.2 Å². The summed E-state index contributed by atoms with van der Waals surface area (Å²) < 4.78 is 17.5. The lowest BCUT2D eigenvalue weighted by Gasteiger charge is -2.19. The summed E-state index contributed by atoms with van der Waals surface area (Å²) in [5.41, 5.74) is 3.62. The Labute approximate surface area is 184 Å². The number of allylic oxidation sites excluding steroid dienone is 1. The highest BCUT2D eigenvalue weighted by Crippen LogP contribution is 2.30. The standard InChI is InChI=1S/C24H31N3O4/c1-8-27-21(13-17(4)26-27)22(29-15-30-23(28)31-16(2)3)20(14-25)18-9-11-19(12-10-18)24(5,6)7/h9-13,16H,8,15H2,1-7H3/b22-20-. The summed E-state index contributed by atoms with van der Waals surface area (Å²) in [5, 5.41) is 14.4. The molecular weight excluding hydrogens is 394 g/mol. The second kappa shape index (κ2) is 10.2. The van der Waals surface area contributed by atoms with Gasteiger partial charge in [0.05, 0.1) is 11.8 Å². The van der Waals surface area contributed by atoms with Gasteiger partial charge < -0.3 is 14.2 Å². The van der Waals surface area contributed by atoms with Crippen LogP contribution in [0, 0.1) is 18.3 Å². The summed E-state index contributed by atoms with van der Waals surface area (Å²) in [4.78, 5) is 11.7. The fourth-order valence-corrected chi connectivity index (χ4v) is 2.99. The van der Waals surface area contributed by atoms with Gasteiger partial charge in [-0.15, -0.1) is 0 Å². The first-order valence-electron chi connectivity index (χ1n) is 10.3. The summed E-state index contributed by atoms with van der Waals surface area (Å²) in [7, 11) is 0. The van der Waals surface area contributed by atoms with Crippen molar-refractivity contribution in [2.75, 3.05) is 6.79 Å². The van der Waals surface area contributed by atoms with Crippen molar-refractivity contribution in [2.24, 2.45) is 0 Å². The molecule has 0 spiro atoms. The summed E-state index contributed by atoms with van der Waals surface area (Å²) in [5.74, 6) is 0.297. The minimum Gasteiger partial charge on any atom is -0.454 e. The van der Waals surface area contributed by atoms with Gasteiger partial charge in [0.25, 0.3) is 0 Å². The van der Waals surface area contributed by atoms with E-state index in [0.29, 0.717) is 29.1 Å². The van der Waals surface area contributed by atoms with E-state index in [-0.39, 0.29) is 18.3 Å². The quantitative estimate of drug-likeness (QED) is 0.254. The summed E-state index contributed by atoms with van der Waals surface area (Å²) >= 11 is 0. The van der Waals surface area contributed by atoms with Crippen LogP contribution in [0.15, 0.2) is 30.3 Å². The maximum Gasteiger partial charge on any atom is 0.511 e. The Balaban J connectivity index is 2.46. The molecule has 0 N–H and O–H groups in total. The zero-order chi connectivity index (χ0) is 23.2. The van der Waals surface area contributed by atoms with Crippen LogP contribution in [-0.4, -0.2) is 28.8 Å². The van der Waals surface area contributed by atoms with Gasteiger partial charge in [0, 0.05) is 6.54 Å². The maximum absolute atomic E-state index is 11.7. The smallest absolute Gasteiger partial charge is 0.454 e. The van der Waals surface area contributed by atoms with Gasteiger partial charge in [0.1, 0.15) is 17.3 Å². The number of nitriles is 1. The number of carbonyl (C=O) groups excluding carboxylic acids is 1. The van der Waals surface area contributed by atoms with Crippen LogP contribution < -0.4 is 0 Å². The number of carbonyl (C=O) groups is 1. The minimum absolute atomic E-state index is 0.00304. The molecule has 166 valence electrons. The molecule has 1 aromatic carbocycles. The van der Waals surface area contributed by atoms with Crippen molar-refractivity contribution in [1.82, 2.24) is 9.78 Å². The Morgan fingerprint density at radius 1 is 1.19 bits per heavy atom. The maximum atomic E-state index is 11.7. The number of benzene rings is 1. The van der Waals surface area contributed by atoms with Gasteiger partial charge in [0.2, 0.25) is 6.79 Å². The third-order valence-electron chi connectivity index (χ3n) is 4.52. The average molecular weight is 426 g/mol. The van der Waals surface area contributed by atoms with E-state index in [1.54, 1.807) is 18.5 Å². The molecule has 0 saturated heterocycles. The van der Waals surface area contributed by atoms with E-state index < -0.39 is 6.16 Å². The molecule has 0 saturated carbocycles. The van der Waals surface area contributed by atoms with E-state index >= 15 is 0 Å². The van der Waals surface area contributed by atoms with Crippen LogP contribution in [0.3, 0.4) is 0 Å². The third kappa shape index (κ3) is 6.35. The van der Waals surface area contributed by atoms with Crippen LogP contribution in [0.4, 0.5) is 4.79 Å². The predicted molar refractivity (Wildman–Crippen MR) is 119 cm³/mol. The zero-order valence-electron chi connectivity index (χ0n) is 19.4. The SMILES string of the molecule is CCn1nc(C)cc1/C(OCOC(=O)OC(C)C)=C(\C#N)c1ccc(C(C)(C)C)cc1. The molecule has 7 nitrogen and oxygen atoms in total. The fraction of sp³-hybridized carbons (Fsp3) is 0.458. The fourth-order valence-electron chi connectivity index (χ4n) is 2.99. The van der Waals surface area contributed by atoms with Crippen LogP contribution in [0.1, 0.15) is 64.1 Å². The zero-order valence-corrected chi connectivity index (χ0v) is 19.4. The second-order valence-electron chi connectivity index (χ2n) is 8.45. The lowest BCUT2D eigenvalue weighted by Crippen LogP contribution is -2.15. The van der Waals surface area contributed by atoms with E-state index in [0.717, 1.165) is 11.3 Å². The molecule has 0 aliphatic carbocycles. The normalized spacial score (nSPS) is 12.2. The Bertz CT molecular complexity index is 974. The Morgan fingerprint density at radius 3 is 2.35 bits per heavy atom. The Morgan fingerprint density at radius 2 is 1.84 bits per heavy atom. The molecule has 2 aromatic rings. The van der Waals surface area contributed by atoms with E-state index in [2.05, 4.69) is 31.9 Å². The van der Waals surface area contributed by atoms with Gasteiger partial charge in [-0.2, -0.15) is 10.4 Å². The number of rotatable bonds is 7.